The molecule has 2 atom stereocenters. The molecule has 0 aliphatic carbocycles. The van der Waals surface area contributed by atoms with Gasteiger partial charge in [0, 0.05) is 51.3 Å². The van der Waals surface area contributed by atoms with Crippen molar-refractivity contribution in [2.75, 3.05) is 44.7 Å². The summed E-state index contributed by atoms with van der Waals surface area (Å²) in [5.41, 5.74) is 2.29. The minimum atomic E-state index is -0.309. The van der Waals surface area contributed by atoms with E-state index in [2.05, 4.69) is 24.1 Å². The number of carbonyl (C=O) groups excluding carboxylic acids is 2. The van der Waals surface area contributed by atoms with E-state index in [1.807, 2.05) is 37.8 Å². The Bertz CT molecular complexity index is 691. The lowest BCUT2D eigenvalue weighted by Crippen LogP contribution is -2.53. The number of ether oxygens (including phenoxy) is 1. The smallest absolute Gasteiger partial charge is 0.410 e. The predicted octanol–water partition coefficient (Wildman–Crippen LogP) is 3.14. The van der Waals surface area contributed by atoms with Crippen molar-refractivity contribution in [3.05, 3.63) is 29.8 Å². The number of hydrogen-bond donors (Lipinski definition) is 0. The lowest BCUT2D eigenvalue weighted by Gasteiger charge is -2.47. The number of carbonyl (C=O) groups is 2. The van der Waals surface area contributed by atoms with E-state index in [1.165, 1.54) is 0 Å². The second-order valence-electron chi connectivity index (χ2n) is 7.99. The molecule has 0 saturated carbocycles. The summed E-state index contributed by atoms with van der Waals surface area (Å²) in [6, 6.07) is 8.19. The molecule has 0 radical (unpaired) electrons. The Balaban J connectivity index is 1.98. The van der Waals surface area contributed by atoms with Gasteiger partial charge in [0.25, 0.3) is 0 Å². The van der Waals surface area contributed by atoms with Gasteiger partial charge in [-0.2, -0.15) is 0 Å². The van der Waals surface area contributed by atoms with Crippen LogP contribution in [0.1, 0.15) is 38.8 Å². The zero-order valence-electron chi connectivity index (χ0n) is 16.9. The SMILES string of the molecule is CCN1C[C@H]2CN(C)c3ccccc3[C@@H]2N(C(=O)OCC(C)C)CCC1=O. The molecule has 1 fully saturated rings. The first-order valence-corrected chi connectivity index (χ1v) is 9.93. The van der Waals surface area contributed by atoms with Crippen molar-refractivity contribution in [1.82, 2.24) is 9.80 Å². The maximum atomic E-state index is 12.9. The Morgan fingerprint density at radius 3 is 2.70 bits per heavy atom. The Hall–Kier alpha value is -2.24. The second-order valence-corrected chi connectivity index (χ2v) is 7.99. The Morgan fingerprint density at radius 2 is 2.00 bits per heavy atom. The Labute approximate surface area is 162 Å². The number of nitrogens with zero attached hydrogens (tertiary/aromatic N) is 3. The van der Waals surface area contributed by atoms with Crippen LogP contribution < -0.4 is 4.90 Å². The van der Waals surface area contributed by atoms with Gasteiger partial charge in [-0.1, -0.05) is 32.0 Å². The van der Waals surface area contributed by atoms with Gasteiger partial charge in [0.15, 0.2) is 0 Å². The molecule has 2 aliphatic heterocycles. The van der Waals surface area contributed by atoms with Crippen LogP contribution in [0.3, 0.4) is 0 Å². The number of benzene rings is 1. The van der Waals surface area contributed by atoms with Gasteiger partial charge < -0.3 is 19.4 Å². The molecule has 1 aromatic rings. The van der Waals surface area contributed by atoms with Gasteiger partial charge in [-0.25, -0.2) is 4.79 Å². The van der Waals surface area contributed by atoms with Gasteiger partial charge in [0.2, 0.25) is 5.91 Å². The molecule has 1 aromatic carbocycles. The number of fused-ring (bicyclic) bond motifs is 3. The van der Waals surface area contributed by atoms with Crippen LogP contribution >= 0.6 is 0 Å². The molecule has 148 valence electrons. The van der Waals surface area contributed by atoms with Crippen LogP contribution in [0.4, 0.5) is 10.5 Å². The highest BCUT2D eigenvalue weighted by molar-refractivity contribution is 5.78. The highest BCUT2D eigenvalue weighted by atomic mass is 16.6. The standard InChI is InChI=1S/C21H31N3O3/c1-5-23-13-16-12-22(4)18-9-7-6-8-17(18)20(16)24(11-10-19(23)25)21(26)27-14-15(2)3/h6-9,15-16,20H,5,10-14H2,1-4H3/t16-,20-/m1/s1. The number of hydrogen-bond acceptors (Lipinski definition) is 4. The van der Waals surface area contributed by atoms with E-state index in [0.717, 1.165) is 17.8 Å². The summed E-state index contributed by atoms with van der Waals surface area (Å²) in [4.78, 5) is 31.5. The van der Waals surface area contributed by atoms with E-state index >= 15 is 0 Å². The van der Waals surface area contributed by atoms with Crippen molar-refractivity contribution in [3.63, 3.8) is 0 Å². The molecule has 0 aromatic heterocycles. The largest absolute Gasteiger partial charge is 0.449 e. The van der Waals surface area contributed by atoms with Crippen molar-refractivity contribution in [2.45, 2.75) is 33.2 Å². The average Bonchev–Trinajstić information content (AvgIpc) is 2.64. The molecule has 3 rings (SSSR count). The van der Waals surface area contributed by atoms with Gasteiger partial charge in [0.1, 0.15) is 0 Å². The molecule has 27 heavy (non-hydrogen) atoms. The fourth-order valence-corrected chi connectivity index (χ4v) is 4.20. The molecule has 0 unspecified atom stereocenters. The highest BCUT2D eigenvalue weighted by Crippen LogP contribution is 2.41. The lowest BCUT2D eigenvalue weighted by atomic mass is 9.85. The first-order chi connectivity index (χ1) is 12.9. The summed E-state index contributed by atoms with van der Waals surface area (Å²) < 4.78 is 5.57. The molecule has 2 aliphatic rings. The van der Waals surface area contributed by atoms with Crippen LogP contribution in [0.5, 0.6) is 0 Å². The van der Waals surface area contributed by atoms with Crippen LogP contribution in [0.15, 0.2) is 24.3 Å². The molecule has 1 saturated heterocycles. The second kappa shape index (κ2) is 8.19. The number of rotatable bonds is 3. The van der Waals surface area contributed by atoms with Crippen molar-refractivity contribution in [2.24, 2.45) is 11.8 Å². The Morgan fingerprint density at radius 1 is 1.26 bits per heavy atom. The van der Waals surface area contributed by atoms with E-state index in [1.54, 1.807) is 4.90 Å². The van der Waals surface area contributed by atoms with Gasteiger partial charge in [-0.3, -0.25) is 4.79 Å². The maximum Gasteiger partial charge on any atom is 0.410 e. The van der Waals surface area contributed by atoms with Gasteiger partial charge in [0.05, 0.1) is 12.6 Å². The third-order valence-electron chi connectivity index (χ3n) is 5.49. The monoisotopic (exact) mass is 373 g/mol. The summed E-state index contributed by atoms with van der Waals surface area (Å²) in [6.45, 7) is 9.02. The van der Waals surface area contributed by atoms with Gasteiger partial charge in [-0.15, -0.1) is 0 Å². The van der Waals surface area contributed by atoms with Crippen LogP contribution in [0, 0.1) is 11.8 Å². The number of amides is 2. The highest BCUT2D eigenvalue weighted by Gasteiger charge is 2.41. The predicted molar refractivity (Wildman–Crippen MR) is 106 cm³/mol. The van der Waals surface area contributed by atoms with Crippen LogP contribution in [0.2, 0.25) is 0 Å². The minimum absolute atomic E-state index is 0.0702. The quantitative estimate of drug-likeness (QED) is 0.817. The summed E-state index contributed by atoms with van der Waals surface area (Å²) in [7, 11) is 2.08. The van der Waals surface area contributed by atoms with E-state index in [-0.39, 0.29) is 29.9 Å². The zero-order chi connectivity index (χ0) is 19.6. The van der Waals surface area contributed by atoms with Crippen molar-refractivity contribution >= 4 is 17.7 Å². The average molecular weight is 373 g/mol. The summed E-state index contributed by atoms with van der Waals surface area (Å²) in [5, 5.41) is 0. The van der Waals surface area contributed by atoms with E-state index < -0.39 is 0 Å². The molecule has 6 nitrogen and oxygen atoms in total. The topological polar surface area (TPSA) is 53.1 Å². The molecule has 0 N–H and O–H groups in total. The third-order valence-corrected chi connectivity index (χ3v) is 5.49. The molecular weight excluding hydrogens is 342 g/mol. The van der Waals surface area contributed by atoms with Gasteiger partial charge in [-0.05, 0) is 24.5 Å². The summed E-state index contributed by atoms with van der Waals surface area (Å²) in [5.74, 6) is 0.543. The molecule has 2 heterocycles. The maximum absolute atomic E-state index is 12.9. The van der Waals surface area contributed by atoms with Crippen molar-refractivity contribution in [1.29, 1.82) is 0 Å². The summed E-state index contributed by atoms with van der Waals surface area (Å²) >= 11 is 0. The molecule has 6 heteroatoms. The van der Waals surface area contributed by atoms with Crippen LogP contribution in [-0.2, 0) is 9.53 Å². The van der Waals surface area contributed by atoms with E-state index in [0.29, 0.717) is 32.7 Å². The normalized spacial score (nSPS) is 22.9. The molecule has 0 bridgehead atoms. The van der Waals surface area contributed by atoms with Crippen molar-refractivity contribution in [3.8, 4) is 0 Å². The molecule has 0 spiro atoms. The van der Waals surface area contributed by atoms with E-state index in [9.17, 15) is 9.59 Å². The fraction of sp³-hybridized carbons (Fsp3) is 0.619. The van der Waals surface area contributed by atoms with Crippen LogP contribution in [0.25, 0.3) is 0 Å². The van der Waals surface area contributed by atoms with E-state index in [4.69, 9.17) is 4.74 Å². The minimum Gasteiger partial charge on any atom is -0.449 e. The number of anilines is 1. The Kier molecular flexibility index (Phi) is 5.92. The van der Waals surface area contributed by atoms with Crippen LogP contribution in [-0.4, -0.2) is 61.6 Å². The van der Waals surface area contributed by atoms with Gasteiger partial charge >= 0.3 is 6.09 Å². The number of para-hydroxylation sites is 1. The zero-order valence-corrected chi connectivity index (χ0v) is 16.9. The third kappa shape index (κ3) is 4.04. The fourth-order valence-electron chi connectivity index (χ4n) is 4.20. The summed E-state index contributed by atoms with van der Waals surface area (Å²) in [6.07, 6.45) is 0.0297. The van der Waals surface area contributed by atoms with Crippen molar-refractivity contribution < 1.29 is 14.3 Å². The lowest BCUT2D eigenvalue weighted by molar-refractivity contribution is -0.133. The molecular formula is C21H31N3O3. The first-order valence-electron chi connectivity index (χ1n) is 9.93. The molecule has 2 amide bonds. The first kappa shape index (κ1) is 19.5.